The number of hydrogen-bond acceptors (Lipinski definition) is 10. The van der Waals surface area contributed by atoms with E-state index in [-0.39, 0.29) is 0 Å². The summed E-state index contributed by atoms with van der Waals surface area (Å²) in [4.78, 5) is 35.4. The Morgan fingerprint density at radius 2 is 2.07 bits per heavy atom. The van der Waals surface area contributed by atoms with E-state index in [9.17, 15) is 29.7 Å². The third-order valence-electron chi connectivity index (χ3n) is 4.12. The highest BCUT2D eigenvalue weighted by molar-refractivity contribution is 5.92. The molecule has 0 aromatic rings. The van der Waals surface area contributed by atoms with Gasteiger partial charge in [0.15, 0.2) is 12.3 Å². The van der Waals surface area contributed by atoms with Crippen LogP contribution in [0.15, 0.2) is 24.0 Å². The number of esters is 2. The summed E-state index contributed by atoms with van der Waals surface area (Å²) in [5, 5.41) is 29.8. The number of ether oxygens (including phenoxy) is 3. The summed E-state index contributed by atoms with van der Waals surface area (Å²) in [7, 11) is 1.11. The maximum Gasteiger partial charge on any atom is 0.335 e. The Morgan fingerprint density at radius 1 is 1.37 bits per heavy atom. The molecule has 2 rings (SSSR count). The average molecular weight is 386 g/mol. The second-order valence-corrected chi connectivity index (χ2v) is 6.03. The standard InChI is InChI=1S/C16H22N2O9/c1-25-11(20)5-9(19)16(24)26-7-10-12(21)13(22)15(27-10)18-4-2-3-8(6-18)14(17)23/h2,4,6,9-10,12-13,15,19,21-22H,3,5,7H2,1H3,(H2,17,23)/t9-,10+,12+,13+,15+/m0/s1. The molecule has 2 aliphatic rings. The van der Waals surface area contributed by atoms with E-state index in [1.54, 1.807) is 12.3 Å². The number of aliphatic hydroxyl groups is 3. The highest BCUT2D eigenvalue weighted by atomic mass is 16.6. The van der Waals surface area contributed by atoms with Crippen LogP contribution in [0, 0.1) is 0 Å². The lowest BCUT2D eigenvalue weighted by atomic mass is 10.1. The van der Waals surface area contributed by atoms with E-state index in [4.69, 9.17) is 15.2 Å². The lowest BCUT2D eigenvalue weighted by molar-refractivity contribution is -0.164. The molecular weight excluding hydrogens is 364 g/mol. The first-order valence-corrected chi connectivity index (χ1v) is 8.12. The third-order valence-corrected chi connectivity index (χ3v) is 4.12. The molecule has 150 valence electrons. The SMILES string of the molecule is COC(=O)C[C@H](O)C(=O)OC[C@H]1O[C@@H](N2C=CCC(C(N)=O)=C2)[C@H](O)[C@@H]1O. The van der Waals surface area contributed by atoms with Crippen molar-refractivity contribution in [3.63, 3.8) is 0 Å². The van der Waals surface area contributed by atoms with Crippen molar-refractivity contribution in [2.75, 3.05) is 13.7 Å². The zero-order chi connectivity index (χ0) is 20.1. The monoisotopic (exact) mass is 386 g/mol. The van der Waals surface area contributed by atoms with Gasteiger partial charge in [0.25, 0.3) is 0 Å². The molecule has 0 spiro atoms. The van der Waals surface area contributed by atoms with Crippen LogP contribution in [0.5, 0.6) is 0 Å². The Balaban J connectivity index is 1.94. The number of primary amides is 1. The lowest BCUT2D eigenvalue weighted by Gasteiger charge is -2.28. The minimum atomic E-state index is -1.72. The van der Waals surface area contributed by atoms with Gasteiger partial charge in [0.05, 0.1) is 13.5 Å². The molecule has 0 aromatic carbocycles. The van der Waals surface area contributed by atoms with Crippen LogP contribution in [0.25, 0.3) is 0 Å². The molecule has 2 aliphatic heterocycles. The number of hydrogen-bond donors (Lipinski definition) is 4. The van der Waals surface area contributed by atoms with Gasteiger partial charge in [-0.1, -0.05) is 6.08 Å². The van der Waals surface area contributed by atoms with Crippen LogP contribution in [0.4, 0.5) is 0 Å². The van der Waals surface area contributed by atoms with Crippen LogP contribution in [0.3, 0.4) is 0 Å². The fourth-order valence-electron chi connectivity index (χ4n) is 2.60. The molecule has 2 heterocycles. The number of amides is 1. The van der Waals surface area contributed by atoms with E-state index in [1.165, 1.54) is 11.1 Å². The molecule has 11 nitrogen and oxygen atoms in total. The molecule has 1 amide bonds. The predicted molar refractivity (Wildman–Crippen MR) is 87.1 cm³/mol. The maximum absolute atomic E-state index is 11.7. The van der Waals surface area contributed by atoms with E-state index in [2.05, 4.69) is 4.74 Å². The number of carbonyl (C=O) groups excluding carboxylic acids is 3. The topological polar surface area (TPSA) is 169 Å². The van der Waals surface area contributed by atoms with Crippen molar-refractivity contribution in [2.24, 2.45) is 5.73 Å². The van der Waals surface area contributed by atoms with Gasteiger partial charge >= 0.3 is 11.9 Å². The van der Waals surface area contributed by atoms with E-state index >= 15 is 0 Å². The first-order valence-electron chi connectivity index (χ1n) is 8.12. The zero-order valence-corrected chi connectivity index (χ0v) is 14.6. The van der Waals surface area contributed by atoms with Crippen molar-refractivity contribution < 1.29 is 43.9 Å². The molecule has 5 N–H and O–H groups in total. The minimum Gasteiger partial charge on any atom is -0.469 e. The van der Waals surface area contributed by atoms with Crippen LogP contribution in [-0.4, -0.2) is 82.4 Å². The average Bonchev–Trinajstić information content (AvgIpc) is 2.94. The molecule has 0 aliphatic carbocycles. The molecule has 0 saturated carbocycles. The van der Waals surface area contributed by atoms with E-state index in [1.807, 2.05) is 0 Å². The first-order chi connectivity index (χ1) is 12.7. The Morgan fingerprint density at radius 3 is 2.70 bits per heavy atom. The van der Waals surface area contributed by atoms with E-state index < -0.39 is 61.5 Å². The normalized spacial score (nSPS) is 28.4. The highest BCUT2D eigenvalue weighted by Gasteiger charge is 2.45. The van der Waals surface area contributed by atoms with Crippen LogP contribution >= 0.6 is 0 Å². The van der Waals surface area contributed by atoms with Crippen LogP contribution in [0.2, 0.25) is 0 Å². The van der Waals surface area contributed by atoms with Gasteiger partial charge in [-0.25, -0.2) is 4.79 Å². The second kappa shape index (κ2) is 8.95. The maximum atomic E-state index is 11.7. The fourth-order valence-corrected chi connectivity index (χ4v) is 2.60. The van der Waals surface area contributed by atoms with Crippen molar-refractivity contribution in [2.45, 2.75) is 43.5 Å². The predicted octanol–water partition coefficient (Wildman–Crippen LogP) is -2.51. The largest absolute Gasteiger partial charge is 0.469 e. The molecule has 27 heavy (non-hydrogen) atoms. The van der Waals surface area contributed by atoms with Gasteiger partial charge < -0.3 is 40.2 Å². The molecule has 0 aromatic heterocycles. The van der Waals surface area contributed by atoms with Gasteiger partial charge in [-0.3, -0.25) is 9.59 Å². The van der Waals surface area contributed by atoms with Crippen LogP contribution in [-0.2, 0) is 28.6 Å². The van der Waals surface area contributed by atoms with Gasteiger partial charge in [-0.15, -0.1) is 0 Å². The Labute approximate surface area is 154 Å². The highest BCUT2D eigenvalue weighted by Crippen LogP contribution is 2.27. The molecule has 1 saturated heterocycles. The van der Waals surface area contributed by atoms with Gasteiger partial charge in [-0.05, 0) is 6.42 Å². The smallest absolute Gasteiger partial charge is 0.335 e. The summed E-state index contributed by atoms with van der Waals surface area (Å²) in [6.45, 7) is -0.463. The number of methoxy groups -OCH3 is 1. The number of carbonyl (C=O) groups is 3. The van der Waals surface area contributed by atoms with Gasteiger partial charge in [-0.2, -0.15) is 0 Å². The fraction of sp³-hybridized carbons (Fsp3) is 0.562. The summed E-state index contributed by atoms with van der Waals surface area (Å²) in [5.41, 5.74) is 5.53. The van der Waals surface area contributed by atoms with Crippen molar-refractivity contribution in [3.8, 4) is 0 Å². The van der Waals surface area contributed by atoms with Crippen molar-refractivity contribution in [1.29, 1.82) is 0 Å². The summed E-state index contributed by atoms with van der Waals surface area (Å²) in [6, 6.07) is 0. The van der Waals surface area contributed by atoms with Crippen LogP contribution < -0.4 is 5.73 Å². The Kier molecular flexibility index (Phi) is 6.91. The molecule has 0 bridgehead atoms. The number of nitrogens with two attached hydrogens (primary N) is 1. The molecule has 11 heteroatoms. The summed E-state index contributed by atoms with van der Waals surface area (Å²) in [5.74, 6) is -2.51. The number of nitrogens with zero attached hydrogens (tertiary/aromatic N) is 1. The first kappa shape index (κ1) is 20.8. The molecule has 0 radical (unpaired) electrons. The number of aliphatic hydroxyl groups excluding tert-OH is 3. The van der Waals surface area contributed by atoms with E-state index in [0.29, 0.717) is 12.0 Å². The lowest BCUT2D eigenvalue weighted by Crippen LogP contribution is -2.40. The van der Waals surface area contributed by atoms with Crippen molar-refractivity contribution >= 4 is 17.8 Å². The quantitative estimate of drug-likeness (QED) is 0.343. The van der Waals surface area contributed by atoms with Gasteiger partial charge in [0.1, 0.15) is 24.9 Å². The van der Waals surface area contributed by atoms with Crippen molar-refractivity contribution in [3.05, 3.63) is 24.0 Å². The second-order valence-electron chi connectivity index (χ2n) is 6.03. The van der Waals surface area contributed by atoms with Crippen molar-refractivity contribution in [1.82, 2.24) is 4.90 Å². The van der Waals surface area contributed by atoms with E-state index in [0.717, 1.165) is 7.11 Å². The summed E-state index contributed by atoms with van der Waals surface area (Å²) < 4.78 is 14.7. The summed E-state index contributed by atoms with van der Waals surface area (Å²) >= 11 is 0. The summed E-state index contributed by atoms with van der Waals surface area (Å²) in [6.07, 6.45) is -2.23. The molecule has 5 atom stereocenters. The molecule has 1 fully saturated rings. The Hall–Kier alpha value is -2.47. The molecule has 0 unspecified atom stereocenters. The number of allylic oxidation sites excluding steroid dienone is 1. The Bertz CT molecular complexity index is 648. The van der Waals surface area contributed by atoms with Crippen LogP contribution in [0.1, 0.15) is 12.8 Å². The zero-order valence-electron chi connectivity index (χ0n) is 14.6. The van der Waals surface area contributed by atoms with Gasteiger partial charge in [0, 0.05) is 18.0 Å². The third kappa shape index (κ3) is 5.04. The minimum absolute atomic E-state index is 0.295. The van der Waals surface area contributed by atoms with Gasteiger partial charge in [0.2, 0.25) is 5.91 Å². The number of rotatable bonds is 7. The molecular formula is C16H22N2O9.